The van der Waals surface area contributed by atoms with Crippen molar-refractivity contribution < 1.29 is 23.0 Å². The van der Waals surface area contributed by atoms with Crippen LogP contribution in [0.2, 0.25) is 0 Å². The molecule has 1 N–H and O–H groups in total. The van der Waals surface area contributed by atoms with E-state index < -0.39 is 18.1 Å². The van der Waals surface area contributed by atoms with Gasteiger partial charge in [0.2, 0.25) is 11.7 Å². The molecule has 0 bridgehead atoms. The summed E-state index contributed by atoms with van der Waals surface area (Å²) in [6.07, 6.45) is -3.13. The number of hydrogen-bond donors (Lipinski definition) is 1. The molecule has 0 saturated heterocycles. The monoisotopic (exact) mass is 360 g/mol. The van der Waals surface area contributed by atoms with Gasteiger partial charge in [0, 0.05) is 5.56 Å². The van der Waals surface area contributed by atoms with Crippen LogP contribution in [-0.2, 0) is 12.6 Å². The van der Waals surface area contributed by atoms with Gasteiger partial charge in [-0.05, 0) is 43.0 Å². The number of alkyl halides is 3. The van der Waals surface area contributed by atoms with Crippen LogP contribution in [0.15, 0.2) is 42.5 Å². The van der Waals surface area contributed by atoms with Gasteiger partial charge in [-0.15, -0.1) is 0 Å². The molecule has 4 nitrogen and oxygen atoms in total. The summed E-state index contributed by atoms with van der Waals surface area (Å²) in [5.41, 5.74) is 1.72. The first-order valence-electron chi connectivity index (χ1n) is 8.25. The lowest BCUT2D eigenvalue weighted by Gasteiger charge is -2.23. The van der Waals surface area contributed by atoms with E-state index in [1.54, 1.807) is 30.3 Å². The summed E-state index contributed by atoms with van der Waals surface area (Å²) in [5, 5.41) is 10.5. The first-order valence-corrected chi connectivity index (χ1v) is 8.25. The number of ether oxygens (including phenoxy) is 1. The van der Waals surface area contributed by atoms with Gasteiger partial charge >= 0.3 is 6.18 Å². The van der Waals surface area contributed by atoms with Crippen LogP contribution in [-0.4, -0.2) is 15.1 Å². The van der Waals surface area contributed by atoms with Gasteiger partial charge in [-0.3, -0.25) is 0 Å². The van der Waals surface area contributed by atoms with Crippen LogP contribution in [0.3, 0.4) is 0 Å². The molecule has 26 heavy (non-hydrogen) atoms. The van der Waals surface area contributed by atoms with Crippen LogP contribution < -0.4 is 4.74 Å². The maximum Gasteiger partial charge on any atom is 0.451 e. The third-order valence-corrected chi connectivity index (χ3v) is 4.46. The van der Waals surface area contributed by atoms with Crippen LogP contribution in [0.25, 0.3) is 10.9 Å². The van der Waals surface area contributed by atoms with Crippen LogP contribution in [0.5, 0.6) is 11.6 Å². The average Bonchev–Trinajstić information content (AvgIpc) is 2.62. The largest absolute Gasteiger partial charge is 0.451 e. The maximum absolute atomic E-state index is 13.1. The summed E-state index contributed by atoms with van der Waals surface area (Å²) in [4.78, 5) is 7.21. The second-order valence-corrected chi connectivity index (χ2v) is 6.20. The summed E-state index contributed by atoms with van der Waals surface area (Å²) in [6.45, 7) is 0. The summed E-state index contributed by atoms with van der Waals surface area (Å²) < 4.78 is 45.2. The van der Waals surface area contributed by atoms with Crippen molar-refractivity contribution in [3.8, 4) is 11.6 Å². The molecule has 7 heteroatoms. The highest BCUT2D eigenvalue weighted by atomic mass is 19.4. The summed E-state index contributed by atoms with van der Waals surface area (Å²) >= 11 is 0. The molecule has 1 aliphatic rings. The Bertz CT molecular complexity index is 973. The number of aliphatic hydroxyl groups is 1. The standard InChI is InChI=1S/C19H15F3N2O2/c20-19(21,22)18-23-14-8-2-1-5-13(14)17(24-18)26-16-10-4-6-11-12(16)7-3-9-15(11)25/h1-2,4-6,8,10,15,25H,3,7,9H2. The van der Waals surface area contributed by atoms with Crippen molar-refractivity contribution in [2.45, 2.75) is 31.5 Å². The molecule has 1 unspecified atom stereocenters. The molecule has 0 amide bonds. The highest BCUT2D eigenvalue weighted by molar-refractivity contribution is 5.83. The minimum Gasteiger partial charge on any atom is -0.438 e. The Labute approximate surface area is 147 Å². The number of aliphatic hydroxyl groups excluding tert-OH is 1. The van der Waals surface area contributed by atoms with Crippen LogP contribution in [0, 0.1) is 0 Å². The molecule has 0 fully saturated rings. The van der Waals surface area contributed by atoms with Crippen molar-refractivity contribution in [2.24, 2.45) is 0 Å². The molecule has 0 radical (unpaired) electrons. The minimum atomic E-state index is -4.67. The Morgan fingerprint density at radius 3 is 2.65 bits per heavy atom. The molecular formula is C19H15F3N2O2. The summed E-state index contributed by atoms with van der Waals surface area (Å²) in [7, 11) is 0. The number of nitrogens with zero attached hydrogens (tertiary/aromatic N) is 2. The van der Waals surface area contributed by atoms with Crippen molar-refractivity contribution in [1.82, 2.24) is 9.97 Å². The second-order valence-electron chi connectivity index (χ2n) is 6.20. The molecular weight excluding hydrogens is 345 g/mol. The lowest BCUT2D eigenvalue weighted by molar-refractivity contribution is -0.144. The number of rotatable bonds is 2. The highest BCUT2D eigenvalue weighted by Crippen LogP contribution is 2.39. The van der Waals surface area contributed by atoms with E-state index in [2.05, 4.69) is 9.97 Å². The van der Waals surface area contributed by atoms with E-state index in [0.717, 1.165) is 17.5 Å². The molecule has 0 spiro atoms. The third-order valence-electron chi connectivity index (χ3n) is 4.46. The molecule has 134 valence electrons. The second kappa shape index (κ2) is 6.25. The maximum atomic E-state index is 13.1. The highest BCUT2D eigenvalue weighted by Gasteiger charge is 2.36. The van der Waals surface area contributed by atoms with E-state index in [0.29, 0.717) is 24.0 Å². The normalized spacial score (nSPS) is 17.2. The molecule has 0 saturated carbocycles. The summed E-state index contributed by atoms with van der Waals surface area (Å²) in [5.74, 6) is -0.967. The van der Waals surface area contributed by atoms with E-state index in [9.17, 15) is 18.3 Å². The van der Waals surface area contributed by atoms with E-state index in [4.69, 9.17) is 4.74 Å². The zero-order valence-electron chi connectivity index (χ0n) is 13.6. The SMILES string of the molecule is OC1CCCc2c(Oc3nc(C(F)(F)F)nc4ccccc34)cccc21. The Morgan fingerprint density at radius 2 is 1.85 bits per heavy atom. The van der Waals surface area contributed by atoms with Gasteiger partial charge in [-0.1, -0.05) is 24.3 Å². The van der Waals surface area contributed by atoms with Gasteiger partial charge in [0.15, 0.2) is 0 Å². The Hall–Kier alpha value is -2.67. The summed E-state index contributed by atoms with van der Waals surface area (Å²) in [6, 6.07) is 11.6. The fourth-order valence-corrected chi connectivity index (χ4v) is 3.24. The van der Waals surface area contributed by atoms with E-state index in [1.807, 2.05) is 6.07 Å². The van der Waals surface area contributed by atoms with Gasteiger partial charge in [0.1, 0.15) is 5.75 Å². The molecule has 0 aliphatic heterocycles. The zero-order valence-corrected chi connectivity index (χ0v) is 13.6. The van der Waals surface area contributed by atoms with E-state index in [-0.39, 0.29) is 11.4 Å². The Kier molecular flexibility index (Phi) is 4.03. The molecule has 4 rings (SSSR count). The predicted molar refractivity (Wildman–Crippen MR) is 89.0 cm³/mol. The zero-order chi connectivity index (χ0) is 18.3. The Morgan fingerprint density at radius 1 is 1.04 bits per heavy atom. The van der Waals surface area contributed by atoms with Gasteiger partial charge in [-0.2, -0.15) is 18.2 Å². The van der Waals surface area contributed by atoms with Gasteiger partial charge < -0.3 is 9.84 Å². The first kappa shape index (κ1) is 16.8. The number of benzene rings is 2. The first-order chi connectivity index (χ1) is 12.4. The molecule has 2 aromatic carbocycles. The molecule has 1 heterocycles. The Balaban J connectivity index is 1.84. The lowest BCUT2D eigenvalue weighted by atomic mass is 9.89. The molecule has 1 atom stereocenters. The fraction of sp³-hybridized carbons (Fsp3) is 0.263. The van der Waals surface area contributed by atoms with Crippen LogP contribution in [0.1, 0.15) is 35.9 Å². The smallest absolute Gasteiger partial charge is 0.438 e. The predicted octanol–water partition coefficient (Wildman–Crippen LogP) is 4.81. The quantitative estimate of drug-likeness (QED) is 0.712. The number of aromatic nitrogens is 2. The van der Waals surface area contributed by atoms with Crippen LogP contribution >= 0.6 is 0 Å². The molecule has 3 aromatic rings. The average molecular weight is 360 g/mol. The molecule has 1 aliphatic carbocycles. The van der Waals surface area contributed by atoms with Gasteiger partial charge in [0.05, 0.1) is 17.0 Å². The van der Waals surface area contributed by atoms with E-state index in [1.165, 1.54) is 6.07 Å². The minimum absolute atomic E-state index is 0.142. The van der Waals surface area contributed by atoms with Crippen molar-refractivity contribution >= 4 is 10.9 Å². The lowest BCUT2D eigenvalue weighted by Crippen LogP contribution is -2.13. The fourth-order valence-electron chi connectivity index (χ4n) is 3.24. The van der Waals surface area contributed by atoms with Crippen molar-refractivity contribution in [2.75, 3.05) is 0 Å². The molecule has 1 aromatic heterocycles. The van der Waals surface area contributed by atoms with Gasteiger partial charge in [0.25, 0.3) is 0 Å². The van der Waals surface area contributed by atoms with Crippen molar-refractivity contribution in [1.29, 1.82) is 0 Å². The number of halogens is 3. The van der Waals surface area contributed by atoms with E-state index >= 15 is 0 Å². The number of fused-ring (bicyclic) bond motifs is 2. The van der Waals surface area contributed by atoms with Crippen molar-refractivity contribution in [3.05, 3.63) is 59.4 Å². The number of hydrogen-bond acceptors (Lipinski definition) is 4. The third kappa shape index (κ3) is 2.99. The number of para-hydroxylation sites is 1. The van der Waals surface area contributed by atoms with Crippen LogP contribution in [0.4, 0.5) is 13.2 Å². The van der Waals surface area contributed by atoms with Gasteiger partial charge in [-0.25, -0.2) is 4.98 Å². The topological polar surface area (TPSA) is 55.2 Å². The van der Waals surface area contributed by atoms with Crippen molar-refractivity contribution in [3.63, 3.8) is 0 Å².